The third-order valence-corrected chi connectivity index (χ3v) is 4.98. The van der Waals surface area contributed by atoms with Gasteiger partial charge in [-0.2, -0.15) is 11.8 Å². The molecule has 2 fully saturated rings. The monoisotopic (exact) mass is 219 g/mol. The second kappa shape index (κ2) is 4.18. The van der Waals surface area contributed by atoms with Crippen LogP contribution in [-0.4, -0.2) is 24.1 Å². The van der Waals surface area contributed by atoms with Crippen LogP contribution in [0.3, 0.4) is 0 Å². The summed E-state index contributed by atoms with van der Waals surface area (Å²) in [6.45, 7) is 2.49. The Labute approximate surface area is 95.6 Å². The van der Waals surface area contributed by atoms with Crippen LogP contribution in [-0.2, 0) is 0 Å². The maximum absolute atomic E-state index is 3.33. The van der Waals surface area contributed by atoms with E-state index in [0.29, 0.717) is 0 Å². The van der Waals surface area contributed by atoms with Crippen LogP contribution in [0.5, 0.6) is 0 Å². The summed E-state index contributed by atoms with van der Waals surface area (Å²) in [6.07, 6.45) is 1.40. The van der Waals surface area contributed by atoms with Gasteiger partial charge in [0, 0.05) is 5.25 Å². The highest BCUT2D eigenvalue weighted by atomic mass is 32.2. The number of hydrogen-bond donors (Lipinski definition) is 1. The van der Waals surface area contributed by atoms with Gasteiger partial charge in [-0.1, -0.05) is 30.3 Å². The van der Waals surface area contributed by atoms with Crippen molar-refractivity contribution >= 4 is 11.8 Å². The fourth-order valence-electron chi connectivity index (χ4n) is 2.13. The van der Waals surface area contributed by atoms with Gasteiger partial charge in [-0.25, -0.2) is 0 Å². The highest BCUT2D eigenvalue weighted by Gasteiger charge is 2.39. The molecule has 15 heavy (non-hydrogen) atoms. The molecule has 1 aromatic carbocycles. The lowest BCUT2D eigenvalue weighted by Gasteiger charge is -2.26. The third kappa shape index (κ3) is 2.21. The first-order valence-electron chi connectivity index (χ1n) is 5.81. The second-order valence-corrected chi connectivity index (χ2v) is 5.92. The van der Waals surface area contributed by atoms with E-state index in [4.69, 9.17) is 0 Å². The quantitative estimate of drug-likeness (QED) is 0.835. The molecule has 0 bridgehead atoms. The molecule has 2 unspecified atom stereocenters. The number of nitrogens with one attached hydrogen (secondary N) is 1. The summed E-state index contributed by atoms with van der Waals surface area (Å²) in [4.78, 5) is 0. The zero-order valence-corrected chi connectivity index (χ0v) is 9.67. The van der Waals surface area contributed by atoms with Gasteiger partial charge in [0.05, 0.1) is 0 Å². The molecule has 2 heteroatoms. The molecule has 1 N–H and O–H groups in total. The summed E-state index contributed by atoms with van der Waals surface area (Å²) in [5.74, 6) is 3.16. The number of thioether (sulfide) groups is 1. The summed E-state index contributed by atoms with van der Waals surface area (Å²) < 4.78 is 0. The van der Waals surface area contributed by atoms with E-state index in [1.165, 1.54) is 25.3 Å². The normalized spacial score (nSPS) is 29.9. The average Bonchev–Trinajstić information content (AvgIpc) is 2.96. The fraction of sp³-hybridized carbons (Fsp3) is 0.538. The molecule has 80 valence electrons. The van der Waals surface area contributed by atoms with Crippen LogP contribution >= 0.6 is 11.8 Å². The van der Waals surface area contributed by atoms with Crippen molar-refractivity contribution in [2.75, 3.05) is 18.8 Å². The van der Waals surface area contributed by atoms with E-state index in [-0.39, 0.29) is 0 Å². The van der Waals surface area contributed by atoms with E-state index in [0.717, 1.165) is 17.1 Å². The topological polar surface area (TPSA) is 12.0 Å². The van der Waals surface area contributed by atoms with Crippen molar-refractivity contribution in [2.24, 2.45) is 5.92 Å². The van der Waals surface area contributed by atoms with E-state index in [9.17, 15) is 0 Å². The predicted octanol–water partition coefficient (Wildman–Crippen LogP) is 2.50. The van der Waals surface area contributed by atoms with Crippen LogP contribution in [0.15, 0.2) is 30.3 Å². The van der Waals surface area contributed by atoms with E-state index in [2.05, 4.69) is 47.4 Å². The average molecular weight is 219 g/mol. The summed E-state index contributed by atoms with van der Waals surface area (Å²) >= 11 is 2.19. The lowest BCUT2D eigenvalue weighted by molar-refractivity contribution is 0.385. The second-order valence-electron chi connectivity index (χ2n) is 4.65. The first-order valence-corrected chi connectivity index (χ1v) is 6.85. The molecular formula is C13H17NS. The van der Waals surface area contributed by atoms with Gasteiger partial charge in [0.15, 0.2) is 0 Å². The van der Waals surface area contributed by atoms with Crippen LogP contribution in [0.2, 0.25) is 0 Å². The predicted molar refractivity (Wildman–Crippen MR) is 66.4 cm³/mol. The molecule has 1 saturated heterocycles. The van der Waals surface area contributed by atoms with Gasteiger partial charge in [0.1, 0.15) is 0 Å². The molecule has 2 aliphatic rings. The highest BCUT2D eigenvalue weighted by molar-refractivity contribution is 8.00. The van der Waals surface area contributed by atoms with Crippen LogP contribution in [0.1, 0.15) is 17.9 Å². The maximum Gasteiger partial charge on any atom is 0.0122 e. The number of rotatable bonds is 4. The van der Waals surface area contributed by atoms with Gasteiger partial charge in [0.2, 0.25) is 0 Å². The van der Waals surface area contributed by atoms with Gasteiger partial charge in [-0.3, -0.25) is 0 Å². The first kappa shape index (κ1) is 9.73. The molecule has 2 atom stereocenters. The molecule has 1 aliphatic heterocycles. The first-order chi connectivity index (χ1) is 7.43. The Morgan fingerprint density at radius 3 is 2.67 bits per heavy atom. The van der Waals surface area contributed by atoms with Crippen molar-refractivity contribution in [3.63, 3.8) is 0 Å². The van der Waals surface area contributed by atoms with Crippen LogP contribution in [0, 0.1) is 5.92 Å². The SMILES string of the molecule is c1ccc(C2CC2SCC2CNC2)cc1. The number of benzene rings is 1. The van der Waals surface area contributed by atoms with Gasteiger partial charge in [-0.15, -0.1) is 0 Å². The molecule has 1 heterocycles. The molecule has 0 aromatic heterocycles. The Kier molecular flexibility index (Phi) is 2.72. The van der Waals surface area contributed by atoms with Crippen molar-refractivity contribution in [1.82, 2.24) is 5.32 Å². The summed E-state index contributed by atoms with van der Waals surface area (Å²) in [5.41, 5.74) is 1.54. The largest absolute Gasteiger partial charge is 0.316 e. The van der Waals surface area contributed by atoms with E-state index in [1.807, 2.05) is 0 Å². The van der Waals surface area contributed by atoms with Crippen LogP contribution in [0.25, 0.3) is 0 Å². The minimum Gasteiger partial charge on any atom is -0.316 e. The molecule has 1 aromatic rings. The minimum atomic E-state index is 0.851. The molecule has 1 saturated carbocycles. The summed E-state index contributed by atoms with van der Waals surface area (Å²) in [5, 5.41) is 4.25. The Hall–Kier alpha value is -0.470. The number of hydrogen-bond acceptors (Lipinski definition) is 2. The molecule has 0 radical (unpaired) electrons. The lowest BCUT2D eigenvalue weighted by Crippen LogP contribution is -2.43. The Morgan fingerprint density at radius 1 is 1.20 bits per heavy atom. The molecular weight excluding hydrogens is 202 g/mol. The highest BCUT2D eigenvalue weighted by Crippen LogP contribution is 2.49. The van der Waals surface area contributed by atoms with Gasteiger partial charge >= 0.3 is 0 Å². The lowest BCUT2D eigenvalue weighted by atomic mass is 10.1. The van der Waals surface area contributed by atoms with Crippen molar-refractivity contribution in [1.29, 1.82) is 0 Å². The van der Waals surface area contributed by atoms with E-state index >= 15 is 0 Å². The molecule has 1 nitrogen and oxygen atoms in total. The zero-order valence-electron chi connectivity index (χ0n) is 8.86. The van der Waals surface area contributed by atoms with Crippen molar-refractivity contribution in [3.05, 3.63) is 35.9 Å². The maximum atomic E-state index is 3.33. The molecule has 3 rings (SSSR count). The van der Waals surface area contributed by atoms with Crippen LogP contribution in [0.4, 0.5) is 0 Å². The van der Waals surface area contributed by atoms with Gasteiger partial charge in [-0.05, 0) is 42.7 Å². The van der Waals surface area contributed by atoms with Gasteiger partial charge in [0.25, 0.3) is 0 Å². The molecule has 0 spiro atoms. The van der Waals surface area contributed by atoms with Gasteiger partial charge < -0.3 is 5.32 Å². The fourth-order valence-corrected chi connectivity index (χ4v) is 3.62. The van der Waals surface area contributed by atoms with Crippen molar-refractivity contribution in [2.45, 2.75) is 17.6 Å². The van der Waals surface area contributed by atoms with Crippen molar-refractivity contribution in [3.8, 4) is 0 Å². The van der Waals surface area contributed by atoms with Crippen molar-refractivity contribution < 1.29 is 0 Å². The molecule has 0 amide bonds. The Balaban J connectivity index is 1.47. The third-order valence-electron chi connectivity index (χ3n) is 3.37. The summed E-state index contributed by atoms with van der Waals surface area (Å²) in [6, 6.07) is 11.0. The Bertz CT molecular complexity index is 321. The van der Waals surface area contributed by atoms with Crippen LogP contribution < -0.4 is 5.32 Å². The zero-order chi connectivity index (χ0) is 10.1. The standard InChI is InChI=1S/C13H17NS/c1-2-4-11(5-3-1)12-6-13(12)15-9-10-7-14-8-10/h1-5,10,12-14H,6-9H2. The summed E-state index contributed by atoms with van der Waals surface area (Å²) in [7, 11) is 0. The Morgan fingerprint density at radius 2 is 2.00 bits per heavy atom. The smallest absolute Gasteiger partial charge is 0.0122 e. The van der Waals surface area contributed by atoms with E-state index < -0.39 is 0 Å². The van der Waals surface area contributed by atoms with E-state index in [1.54, 1.807) is 5.56 Å². The minimum absolute atomic E-state index is 0.851. The molecule has 1 aliphatic carbocycles.